The van der Waals surface area contributed by atoms with Crippen LogP contribution in [-0.2, 0) is 0 Å². The van der Waals surface area contributed by atoms with Crippen LogP contribution >= 0.6 is 0 Å². The molecule has 0 amide bonds. The summed E-state index contributed by atoms with van der Waals surface area (Å²) in [4.78, 5) is 0. The number of hydrogen-bond donors (Lipinski definition) is 0. The maximum Gasteiger partial charge on any atom is -0.0169 e. The summed E-state index contributed by atoms with van der Waals surface area (Å²) in [5, 5.41) is 0. The highest BCUT2D eigenvalue weighted by atomic mass is 14.0. The largest absolute Gasteiger partial charge is 0.0882 e. The quantitative estimate of drug-likeness (QED) is 0.233. The number of rotatable bonds is 14. The Morgan fingerprint density at radius 1 is 0.632 bits per heavy atom. The summed E-state index contributed by atoms with van der Waals surface area (Å²) in [6.07, 6.45) is 26.4. The molecular formula is C19H35. The van der Waals surface area contributed by atoms with Crippen molar-refractivity contribution in [1.29, 1.82) is 0 Å². The third-order valence-electron chi connectivity index (χ3n) is 3.45. The highest BCUT2D eigenvalue weighted by Crippen LogP contribution is 2.09. The van der Waals surface area contributed by atoms with Gasteiger partial charge >= 0.3 is 0 Å². The average Bonchev–Trinajstić information content (AvgIpc) is 2.43. The van der Waals surface area contributed by atoms with E-state index >= 15 is 0 Å². The fraction of sp³-hybridized carbons (Fsp3) is 0.737. The minimum atomic E-state index is 1.05. The van der Waals surface area contributed by atoms with E-state index in [1.807, 2.05) is 0 Å². The molecule has 111 valence electrons. The lowest BCUT2D eigenvalue weighted by atomic mass is 10.1. The number of allylic oxidation sites excluding steroid dienone is 4. The molecule has 0 fully saturated rings. The monoisotopic (exact) mass is 263 g/mol. The van der Waals surface area contributed by atoms with Crippen LogP contribution in [0.4, 0.5) is 0 Å². The smallest absolute Gasteiger partial charge is 0.0169 e. The minimum Gasteiger partial charge on any atom is -0.0882 e. The second-order valence-electron chi connectivity index (χ2n) is 5.44. The van der Waals surface area contributed by atoms with Gasteiger partial charge in [-0.2, -0.15) is 0 Å². The highest BCUT2D eigenvalue weighted by Gasteiger charge is 1.90. The maximum absolute atomic E-state index is 3.84. The molecule has 0 rings (SSSR count). The van der Waals surface area contributed by atoms with Crippen molar-refractivity contribution in [3.8, 4) is 0 Å². The summed E-state index contributed by atoms with van der Waals surface area (Å²) in [5.74, 6) is 0. The molecule has 0 aromatic heterocycles. The van der Waals surface area contributed by atoms with Crippen LogP contribution in [0.3, 0.4) is 0 Å². The normalized spacial score (nSPS) is 11.9. The zero-order valence-electron chi connectivity index (χ0n) is 13.2. The molecule has 1 radical (unpaired) electrons. The van der Waals surface area contributed by atoms with E-state index in [0.717, 1.165) is 12.8 Å². The van der Waals surface area contributed by atoms with Crippen LogP contribution in [0.2, 0.25) is 0 Å². The first-order chi connectivity index (χ1) is 9.41. The zero-order valence-corrected chi connectivity index (χ0v) is 13.2. The van der Waals surface area contributed by atoms with Crippen LogP contribution in [0.25, 0.3) is 0 Å². The summed E-state index contributed by atoms with van der Waals surface area (Å²) in [5.41, 5.74) is 0. The fourth-order valence-electron chi connectivity index (χ4n) is 2.16. The van der Waals surface area contributed by atoms with E-state index in [-0.39, 0.29) is 0 Å². The molecular weight excluding hydrogens is 228 g/mol. The Labute approximate surface area is 122 Å². The molecule has 19 heavy (non-hydrogen) atoms. The van der Waals surface area contributed by atoms with Gasteiger partial charge in [0.1, 0.15) is 0 Å². The van der Waals surface area contributed by atoms with E-state index in [9.17, 15) is 0 Å². The lowest BCUT2D eigenvalue weighted by Gasteiger charge is -1.99. The summed E-state index contributed by atoms with van der Waals surface area (Å²) < 4.78 is 0. The van der Waals surface area contributed by atoms with E-state index in [1.165, 1.54) is 70.6 Å². The highest BCUT2D eigenvalue weighted by molar-refractivity contribution is 4.92. The van der Waals surface area contributed by atoms with E-state index in [0.29, 0.717) is 0 Å². The third-order valence-corrected chi connectivity index (χ3v) is 3.45. The van der Waals surface area contributed by atoms with Gasteiger partial charge in [0.05, 0.1) is 0 Å². The fourth-order valence-corrected chi connectivity index (χ4v) is 2.16. The molecule has 0 aliphatic carbocycles. The Morgan fingerprint density at radius 2 is 1.16 bits per heavy atom. The van der Waals surface area contributed by atoms with Crippen molar-refractivity contribution in [1.82, 2.24) is 0 Å². The lowest BCUT2D eigenvalue weighted by molar-refractivity contribution is 0.577. The maximum atomic E-state index is 3.84. The van der Waals surface area contributed by atoms with Crippen molar-refractivity contribution in [3.05, 3.63) is 31.2 Å². The van der Waals surface area contributed by atoms with Gasteiger partial charge in [0.2, 0.25) is 0 Å². The third kappa shape index (κ3) is 17.5. The Balaban J connectivity index is 3.10. The molecule has 0 nitrogen and oxygen atoms in total. The Bertz CT molecular complexity index is 200. The van der Waals surface area contributed by atoms with Crippen molar-refractivity contribution >= 4 is 0 Å². The Morgan fingerprint density at radius 3 is 1.74 bits per heavy atom. The summed E-state index contributed by atoms with van der Waals surface area (Å²) >= 11 is 0. The molecule has 0 unspecified atom stereocenters. The Kier molecular flexibility index (Phi) is 17.0. The van der Waals surface area contributed by atoms with Gasteiger partial charge < -0.3 is 0 Å². The van der Waals surface area contributed by atoms with Gasteiger partial charge in [-0.15, -0.1) is 0 Å². The van der Waals surface area contributed by atoms with Gasteiger partial charge in [-0.3, -0.25) is 0 Å². The van der Waals surface area contributed by atoms with Gasteiger partial charge in [-0.05, 0) is 32.1 Å². The van der Waals surface area contributed by atoms with Crippen LogP contribution in [0, 0.1) is 6.92 Å². The predicted octanol–water partition coefficient (Wildman–Crippen LogP) is 7.02. The van der Waals surface area contributed by atoms with Crippen molar-refractivity contribution in [2.45, 2.75) is 90.4 Å². The number of hydrogen-bond acceptors (Lipinski definition) is 0. The van der Waals surface area contributed by atoms with Gasteiger partial charge in [0, 0.05) is 0 Å². The van der Waals surface area contributed by atoms with Crippen molar-refractivity contribution in [2.24, 2.45) is 0 Å². The molecule has 0 heteroatoms. The summed E-state index contributed by atoms with van der Waals surface area (Å²) in [6, 6.07) is 0. The summed E-state index contributed by atoms with van der Waals surface area (Å²) in [6.45, 7) is 6.12. The van der Waals surface area contributed by atoms with Crippen LogP contribution in [0.5, 0.6) is 0 Å². The van der Waals surface area contributed by atoms with E-state index < -0.39 is 0 Å². The molecule has 0 aliphatic heterocycles. The summed E-state index contributed by atoms with van der Waals surface area (Å²) in [7, 11) is 0. The van der Waals surface area contributed by atoms with Crippen LogP contribution < -0.4 is 0 Å². The second kappa shape index (κ2) is 17.5. The molecule has 0 saturated heterocycles. The minimum absolute atomic E-state index is 1.05. The first-order valence-corrected chi connectivity index (χ1v) is 8.51. The standard InChI is InChI=1S/C19H35/c1-3-5-7-9-11-13-15-17-19-18-16-14-12-10-8-6-4-2/h9,11,15,17H,1,3-8,10,12-14,16,18-19H2,2H3. The second-order valence-corrected chi connectivity index (χ2v) is 5.44. The average molecular weight is 263 g/mol. The van der Waals surface area contributed by atoms with Gasteiger partial charge in [-0.25, -0.2) is 0 Å². The SMILES string of the molecule is [CH2]CCCC=CCC=CCCCCCCCCCC. The predicted molar refractivity (Wildman–Crippen MR) is 89.3 cm³/mol. The molecule has 0 atom stereocenters. The van der Waals surface area contributed by atoms with Gasteiger partial charge in [0.25, 0.3) is 0 Å². The molecule has 0 aromatic rings. The first-order valence-electron chi connectivity index (χ1n) is 8.51. The van der Waals surface area contributed by atoms with Crippen LogP contribution in [-0.4, -0.2) is 0 Å². The molecule has 0 N–H and O–H groups in total. The lowest BCUT2D eigenvalue weighted by Crippen LogP contribution is -1.79. The van der Waals surface area contributed by atoms with Crippen molar-refractivity contribution in [3.63, 3.8) is 0 Å². The molecule has 0 heterocycles. The van der Waals surface area contributed by atoms with E-state index in [2.05, 4.69) is 38.2 Å². The molecule has 0 saturated carbocycles. The Hall–Kier alpha value is -0.520. The molecule has 0 spiro atoms. The molecule has 0 aromatic carbocycles. The van der Waals surface area contributed by atoms with Gasteiger partial charge in [0.15, 0.2) is 0 Å². The van der Waals surface area contributed by atoms with E-state index in [4.69, 9.17) is 0 Å². The van der Waals surface area contributed by atoms with Crippen LogP contribution in [0.15, 0.2) is 24.3 Å². The zero-order chi connectivity index (χ0) is 14.0. The molecule has 0 aliphatic rings. The topological polar surface area (TPSA) is 0 Å². The number of unbranched alkanes of at least 4 members (excludes halogenated alkanes) is 10. The van der Waals surface area contributed by atoms with Crippen LogP contribution in [0.1, 0.15) is 90.4 Å². The van der Waals surface area contributed by atoms with Gasteiger partial charge in [-0.1, -0.05) is 89.5 Å². The molecule has 0 bridgehead atoms. The van der Waals surface area contributed by atoms with Crippen molar-refractivity contribution in [2.75, 3.05) is 0 Å². The van der Waals surface area contributed by atoms with Crippen molar-refractivity contribution < 1.29 is 0 Å². The first kappa shape index (κ1) is 18.5. The van der Waals surface area contributed by atoms with E-state index in [1.54, 1.807) is 0 Å².